The van der Waals surface area contributed by atoms with Crippen molar-refractivity contribution < 1.29 is 19.4 Å². The number of hydrogen-bond acceptors (Lipinski definition) is 5. The Hall–Kier alpha value is -4.13. The first kappa shape index (κ1) is 19.2. The zero-order chi connectivity index (χ0) is 21.1. The van der Waals surface area contributed by atoms with Gasteiger partial charge < -0.3 is 14.6 Å². The average Bonchev–Trinajstić information content (AvgIpc) is 3.29. The van der Waals surface area contributed by atoms with Crippen LogP contribution in [0, 0.1) is 0 Å². The maximum absolute atomic E-state index is 11.2. The van der Waals surface area contributed by atoms with Gasteiger partial charge in [-0.15, -0.1) is 5.10 Å². The van der Waals surface area contributed by atoms with Crippen molar-refractivity contribution in [2.75, 3.05) is 14.2 Å². The molecule has 150 valence electrons. The Balaban J connectivity index is 1.62. The van der Waals surface area contributed by atoms with Gasteiger partial charge in [0.25, 0.3) is 0 Å². The van der Waals surface area contributed by atoms with Gasteiger partial charge in [0.15, 0.2) is 0 Å². The first-order chi connectivity index (χ1) is 14.6. The van der Waals surface area contributed by atoms with Crippen molar-refractivity contribution in [2.24, 2.45) is 0 Å². The Labute approximate surface area is 173 Å². The Morgan fingerprint density at radius 2 is 1.70 bits per heavy atom. The lowest BCUT2D eigenvalue weighted by molar-refractivity contribution is 0.0697. The molecule has 3 aromatic carbocycles. The van der Waals surface area contributed by atoms with E-state index in [1.54, 1.807) is 43.3 Å². The van der Waals surface area contributed by atoms with E-state index in [2.05, 4.69) is 10.3 Å². The van der Waals surface area contributed by atoms with Crippen molar-refractivity contribution in [1.29, 1.82) is 0 Å². The van der Waals surface area contributed by atoms with Gasteiger partial charge in [-0.3, -0.25) is 0 Å². The second kappa shape index (κ2) is 8.08. The number of nitrogens with zero attached hydrogens (tertiary/aromatic N) is 3. The van der Waals surface area contributed by atoms with E-state index < -0.39 is 5.97 Å². The van der Waals surface area contributed by atoms with Crippen LogP contribution in [0.1, 0.15) is 10.4 Å². The van der Waals surface area contributed by atoms with E-state index in [0.717, 1.165) is 28.2 Å². The number of carboxylic acids is 1. The normalized spacial score (nSPS) is 10.6. The molecule has 1 heterocycles. The van der Waals surface area contributed by atoms with Gasteiger partial charge in [0.05, 0.1) is 31.7 Å². The number of aromatic nitrogens is 3. The number of carbonyl (C=O) groups is 1. The van der Waals surface area contributed by atoms with E-state index in [-0.39, 0.29) is 5.56 Å². The van der Waals surface area contributed by atoms with Crippen LogP contribution in [0.5, 0.6) is 11.5 Å². The maximum atomic E-state index is 11.2. The summed E-state index contributed by atoms with van der Waals surface area (Å²) in [4.78, 5) is 11.2. The fourth-order valence-corrected chi connectivity index (χ4v) is 3.16. The van der Waals surface area contributed by atoms with Gasteiger partial charge in [-0.2, -0.15) is 0 Å². The van der Waals surface area contributed by atoms with Crippen LogP contribution in [-0.4, -0.2) is 40.3 Å². The molecular weight excluding hydrogens is 382 g/mol. The summed E-state index contributed by atoms with van der Waals surface area (Å²) in [6, 6.07) is 20.1. The van der Waals surface area contributed by atoms with E-state index in [4.69, 9.17) is 14.6 Å². The highest BCUT2D eigenvalue weighted by molar-refractivity contribution is 5.88. The number of benzene rings is 3. The summed E-state index contributed by atoms with van der Waals surface area (Å²) in [5.41, 5.74) is 4.37. The maximum Gasteiger partial charge on any atom is 0.335 e. The van der Waals surface area contributed by atoms with Crippen molar-refractivity contribution >= 4 is 5.97 Å². The average molecular weight is 401 g/mol. The van der Waals surface area contributed by atoms with Crippen LogP contribution in [0.15, 0.2) is 72.9 Å². The van der Waals surface area contributed by atoms with Crippen LogP contribution in [0.4, 0.5) is 0 Å². The molecule has 0 spiro atoms. The summed E-state index contributed by atoms with van der Waals surface area (Å²) in [6.07, 6.45) is 1.77. The molecule has 0 atom stereocenters. The zero-order valence-electron chi connectivity index (χ0n) is 16.4. The highest BCUT2D eigenvalue weighted by Crippen LogP contribution is 2.34. The largest absolute Gasteiger partial charge is 0.497 e. The van der Waals surface area contributed by atoms with Crippen LogP contribution in [-0.2, 0) is 0 Å². The quantitative estimate of drug-likeness (QED) is 0.518. The fourth-order valence-electron chi connectivity index (χ4n) is 3.16. The number of rotatable bonds is 6. The molecule has 0 aliphatic carbocycles. The molecule has 0 unspecified atom stereocenters. The molecule has 0 aliphatic heterocycles. The minimum Gasteiger partial charge on any atom is -0.497 e. The number of carboxylic acid groups (broad SMARTS) is 1. The molecule has 4 rings (SSSR count). The topological polar surface area (TPSA) is 86.5 Å². The van der Waals surface area contributed by atoms with Crippen LogP contribution in [0.25, 0.3) is 28.1 Å². The second-order valence-electron chi connectivity index (χ2n) is 6.55. The molecule has 0 radical (unpaired) electrons. The van der Waals surface area contributed by atoms with Crippen molar-refractivity contribution in [3.8, 4) is 39.6 Å². The number of hydrogen-bond donors (Lipinski definition) is 1. The minimum absolute atomic E-state index is 0.197. The molecular formula is C23H19N3O4. The van der Waals surface area contributed by atoms with E-state index >= 15 is 0 Å². The van der Waals surface area contributed by atoms with Gasteiger partial charge in [-0.25, -0.2) is 9.48 Å². The molecule has 30 heavy (non-hydrogen) atoms. The highest BCUT2D eigenvalue weighted by atomic mass is 16.5. The third kappa shape index (κ3) is 3.73. The SMILES string of the molecule is COc1ccc(-c2ccc(-c3cn(-c4cccc(C(=O)O)c4)nn3)cc2)c(OC)c1. The summed E-state index contributed by atoms with van der Waals surface area (Å²) in [5.74, 6) is 0.476. The van der Waals surface area contributed by atoms with Crippen molar-refractivity contribution in [3.05, 3.63) is 78.5 Å². The second-order valence-corrected chi connectivity index (χ2v) is 6.55. The number of methoxy groups -OCH3 is 2. The Kier molecular flexibility index (Phi) is 5.17. The first-order valence-corrected chi connectivity index (χ1v) is 9.18. The molecule has 0 saturated heterocycles. The number of ether oxygens (including phenoxy) is 2. The molecule has 0 amide bonds. The van der Waals surface area contributed by atoms with E-state index in [0.29, 0.717) is 11.4 Å². The fraction of sp³-hybridized carbons (Fsp3) is 0.0870. The summed E-state index contributed by atoms with van der Waals surface area (Å²) < 4.78 is 12.3. The van der Waals surface area contributed by atoms with Gasteiger partial charge in [0, 0.05) is 17.2 Å². The standard InChI is InChI=1S/C23H19N3O4/c1-29-19-10-11-20(22(13-19)30-2)15-6-8-16(9-7-15)21-14-26(25-24-21)18-5-3-4-17(12-18)23(27)28/h3-14H,1-2H3,(H,27,28). The van der Waals surface area contributed by atoms with Crippen molar-refractivity contribution in [3.63, 3.8) is 0 Å². The lowest BCUT2D eigenvalue weighted by atomic mass is 10.0. The molecule has 0 saturated carbocycles. The summed E-state index contributed by atoms with van der Waals surface area (Å²) >= 11 is 0. The van der Waals surface area contributed by atoms with E-state index in [1.165, 1.54) is 6.07 Å². The van der Waals surface area contributed by atoms with Crippen LogP contribution in [0.2, 0.25) is 0 Å². The summed E-state index contributed by atoms with van der Waals surface area (Å²) in [7, 11) is 3.25. The monoisotopic (exact) mass is 401 g/mol. The van der Waals surface area contributed by atoms with Gasteiger partial charge in [0.1, 0.15) is 17.2 Å². The van der Waals surface area contributed by atoms with Gasteiger partial charge in [-0.05, 0) is 35.9 Å². The van der Waals surface area contributed by atoms with E-state index in [1.807, 2.05) is 42.5 Å². The van der Waals surface area contributed by atoms with Gasteiger partial charge in [0.2, 0.25) is 0 Å². The molecule has 7 heteroatoms. The smallest absolute Gasteiger partial charge is 0.335 e. The van der Waals surface area contributed by atoms with Crippen LogP contribution in [0.3, 0.4) is 0 Å². The summed E-state index contributed by atoms with van der Waals surface area (Å²) in [6.45, 7) is 0. The third-order valence-electron chi connectivity index (χ3n) is 4.75. The molecule has 1 N–H and O–H groups in total. The predicted molar refractivity (Wildman–Crippen MR) is 112 cm³/mol. The predicted octanol–water partition coefficient (Wildman–Crippen LogP) is 4.32. The molecule has 0 aliphatic rings. The lowest BCUT2D eigenvalue weighted by Crippen LogP contribution is -2.00. The van der Waals surface area contributed by atoms with Crippen molar-refractivity contribution in [1.82, 2.24) is 15.0 Å². The first-order valence-electron chi connectivity index (χ1n) is 9.18. The molecule has 4 aromatic rings. The van der Waals surface area contributed by atoms with E-state index in [9.17, 15) is 4.79 Å². The lowest BCUT2D eigenvalue weighted by Gasteiger charge is -2.11. The molecule has 1 aromatic heterocycles. The molecule has 7 nitrogen and oxygen atoms in total. The Bertz CT molecular complexity index is 1200. The van der Waals surface area contributed by atoms with Crippen LogP contribution < -0.4 is 9.47 Å². The zero-order valence-corrected chi connectivity index (χ0v) is 16.4. The Morgan fingerprint density at radius 3 is 2.40 bits per heavy atom. The third-order valence-corrected chi connectivity index (χ3v) is 4.75. The molecule has 0 bridgehead atoms. The highest BCUT2D eigenvalue weighted by Gasteiger charge is 2.11. The van der Waals surface area contributed by atoms with Crippen molar-refractivity contribution in [2.45, 2.75) is 0 Å². The number of aromatic carboxylic acids is 1. The van der Waals surface area contributed by atoms with Gasteiger partial charge in [-0.1, -0.05) is 35.5 Å². The minimum atomic E-state index is -0.985. The Morgan fingerprint density at radius 1 is 0.933 bits per heavy atom. The van der Waals surface area contributed by atoms with Crippen LogP contribution >= 0.6 is 0 Å². The van der Waals surface area contributed by atoms with Gasteiger partial charge >= 0.3 is 5.97 Å². The molecule has 0 fully saturated rings. The summed E-state index contributed by atoms with van der Waals surface area (Å²) in [5, 5.41) is 17.5.